The summed E-state index contributed by atoms with van der Waals surface area (Å²) in [6, 6.07) is -0.451. The van der Waals surface area contributed by atoms with E-state index >= 15 is 0 Å². The second kappa shape index (κ2) is 7.65. The van der Waals surface area contributed by atoms with Crippen LogP contribution in [-0.4, -0.2) is 24.4 Å². The van der Waals surface area contributed by atoms with Gasteiger partial charge in [0.2, 0.25) is 11.8 Å². The lowest BCUT2D eigenvalue weighted by molar-refractivity contribution is -0.133. The van der Waals surface area contributed by atoms with Gasteiger partial charge in [0.25, 0.3) is 0 Å². The number of hydrogen-bond donors (Lipinski definition) is 2. The maximum Gasteiger partial charge on any atom is 0.242 e. The van der Waals surface area contributed by atoms with E-state index in [-0.39, 0.29) is 17.7 Å². The Hall–Kier alpha value is -1.06. The molecule has 0 saturated heterocycles. The highest BCUT2D eigenvalue weighted by molar-refractivity contribution is 5.88. The van der Waals surface area contributed by atoms with Crippen molar-refractivity contribution in [2.75, 3.05) is 6.54 Å². The number of carbonyl (C=O) groups excluding carboxylic acids is 2. The standard InChI is InChI=1S/C16H30N2O2/c1-6-17-15(19)12(5)18-16(20)14-9-11(4)7-8-13(14)10(2)3/h10-14H,6-9H2,1-5H3,(H,17,19)(H,18,20)/t11-,12-,13+,14-/m1/s1. The summed E-state index contributed by atoms with van der Waals surface area (Å²) in [5, 5.41) is 5.63. The van der Waals surface area contributed by atoms with Gasteiger partial charge in [0.15, 0.2) is 0 Å². The van der Waals surface area contributed by atoms with Crippen molar-refractivity contribution in [3.8, 4) is 0 Å². The third-order valence-corrected chi connectivity index (χ3v) is 4.46. The van der Waals surface area contributed by atoms with Gasteiger partial charge in [-0.1, -0.05) is 27.2 Å². The van der Waals surface area contributed by atoms with Gasteiger partial charge in [-0.05, 0) is 44.4 Å². The highest BCUT2D eigenvalue weighted by Gasteiger charge is 2.36. The van der Waals surface area contributed by atoms with E-state index in [2.05, 4.69) is 31.4 Å². The van der Waals surface area contributed by atoms with Crippen molar-refractivity contribution in [1.29, 1.82) is 0 Å². The van der Waals surface area contributed by atoms with Crippen LogP contribution in [0.1, 0.15) is 53.9 Å². The van der Waals surface area contributed by atoms with Crippen molar-refractivity contribution < 1.29 is 9.59 Å². The number of hydrogen-bond acceptors (Lipinski definition) is 2. The maximum atomic E-state index is 12.5. The molecular formula is C16H30N2O2. The largest absolute Gasteiger partial charge is 0.355 e. The van der Waals surface area contributed by atoms with Crippen LogP contribution in [0.2, 0.25) is 0 Å². The summed E-state index contributed by atoms with van der Waals surface area (Å²) in [4.78, 5) is 24.2. The molecule has 20 heavy (non-hydrogen) atoms. The van der Waals surface area contributed by atoms with E-state index in [0.717, 1.165) is 12.8 Å². The molecule has 1 rings (SSSR count). The average Bonchev–Trinajstić information content (AvgIpc) is 2.38. The molecule has 0 aromatic carbocycles. The molecule has 0 spiro atoms. The predicted octanol–water partition coefficient (Wildman–Crippen LogP) is 2.34. The molecule has 0 bridgehead atoms. The molecule has 1 aliphatic carbocycles. The maximum absolute atomic E-state index is 12.5. The van der Waals surface area contributed by atoms with Crippen LogP contribution in [0.5, 0.6) is 0 Å². The summed E-state index contributed by atoms with van der Waals surface area (Å²) in [6.07, 6.45) is 3.27. The van der Waals surface area contributed by atoms with Crippen LogP contribution in [0, 0.1) is 23.7 Å². The Morgan fingerprint density at radius 3 is 2.40 bits per heavy atom. The van der Waals surface area contributed by atoms with Gasteiger partial charge in [0.05, 0.1) is 0 Å². The van der Waals surface area contributed by atoms with Crippen molar-refractivity contribution in [2.24, 2.45) is 23.7 Å². The van der Waals surface area contributed by atoms with Crippen LogP contribution in [-0.2, 0) is 9.59 Å². The molecule has 0 aliphatic heterocycles. The molecule has 2 amide bonds. The molecular weight excluding hydrogens is 252 g/mol. The molecule has 4 nitrogen and oxygen atoms in total. The van der Waals surface area contributed by atoms with E-state index in [1.165, 1.54) is 6.42 Å². The molecule has 0 aromatic heterocycles. The lowest BCUT2D eigenvalue weighted by atomic mass is 9.69. The van der Waals surface area contributed by atoms with Gasteiger partial charge in [-0.25, -0.2) is 0 Å². The highest BCUT2D eigenvalue weighted by atomic mass is 16.2. The van der Waals surface area contributed by atoms with E-state index < -0.39 is 6.04 Å². The van der Waals surface area contributed by atoms with Crippen molar-refractivity contribution in [3.63, 3.8) is 0 Å². The Morgan fingerprint density at radius 2 is 1.85 bits per heavy atom. The van der Waals surface area contributed by atoms with E-state index in [9.17, 15) is 9.59 Å². The molecule has 4 atom stereocenters. The second-order valence-electron chi connectivity index (χ2n) is 6.56. The van der Waals surface area contributed by atoms with Crippen LogP contribution in [0.4, 0.5) is 0 Å². The Balaban J connectivity index is 2.65. The Bertz CT molecular complexity index is 341. The Morgan fingerprint density at radius 1 is 1.20 bits per heavy atom. The summed E-state index contributed by atoms with van der Waals surface area (Å²) >= 11 is 0. The zero-order chi connectivity index (χ0) is 15.3. The third kappa shape index (κ3) is 4.50. The molecule has 4 heteroatoms. The number of likely N-dealkylation sites (N-methyl/N-ethyl adjacent to an activating group) is 1. The molecule has 1 fully saturated rings. The first-order valence-electron chi connectivity index (χ1n) is 7.94. The predicted molar refractivity (Wildman–Crippen MR) is 81.1 cm³/mol. The summed E-state index contributed by atoms with van der Waals surface area (Å²) < 4.78 is 0. The second-order valence-corrected chi connectivity index (χ2v) is 6.56. The van der Waals surface area contributed by atoms with Gasteiger partial charge in [0, 0.05) is 12.5 Å². The van der Waals surface area contributed by atoms with E-state index in [1.54, 1.807) is 6.92 Å². The summed E-state index contributed by atoms with van der Waals surface area (Å²) in [7, 11) is 0. The van der Waals surface area contributed by atoms with Gasteiger partial charge < -0.3 is 10.6 Å². The molecule has 0 radical (unpaired) electrons. The van der Waals surface area contributed by atoms with Crippen LogP contribution in [0.3, 0.4) is 0 Å². The first-order chi connectivity index (χ1) is 9.36. The Kier molecular flexibility index (Phi) is 6.50. The average molecular weight is 282 g/mol. The van der Waals surface area contributed by atoms with Crippen LogP contribution >= 0.6 is 0 Å². The number of carbonyl (C=O) groups is 2. The van der Waals surface area contributed by atoms with Gasteiger partial charge in [-0.2, -0.15) is 0 Å². The van der Waals surface area contributed by atoms with E-state index in [4.69, 9.17) is 0 Å². The minimum Gasteiger partial charge on any atom is -0.355 e. The number of amides is 2. The minimum absolute atomic E-state index is 0.0500. The Labute approximate surface area is 123 Å². The quantitative estimate of drug-likeness (QED) is 0.813. The lowest BCUT2D eigenvalue weighted by Gasteiger charge is -2.36. The number of rotatable bonds is 5. The fourth-order valence-corrected chi connectivity index (χ4v) is 3.22. The van der Waals surface area contributed by atoms with Gasteiger partial charge >= 0.3 is 0 Å². The SMILES string of the molecule is CCNC(=O)[C@@H](C)NC(=O)[C@@H]1C[C@H](C)CC[C@H]1C(C)C. The fourth-order valence-electron chi connectivity index (χ4n) is 3.22. The summed E-state index contributed by atoms with van der Waals surface area (Å²) in [6.45, 7) is 10.8. The van der Waals surface area contributed by atoms with Gasteiger partial charge in [-0.3, -0.25) is 9.59 Å². The monoisotopic (exact) mass is 282 g/mol. The molecule has 0 aromatic rings. The minimum atomic E-state index is -0.451. The van der Waals surface area contributed by atoms with E-state index in [1.807, 2.05) is 6.92 Å². The van der Waals surface area contributed by atoms with Crippen LogP contribution in [0.25, 0.3) is 0 Å². The van der Waals surface area contributed by atoms with Crippen molar-refractivity contribution in [1.82, 2.24) is 10.6 Å². The summed E-state index contributed by atoms with van der Waals surface area (Å²) in [5.74, 6) is 1.54. The van der Waals surface area contributed by atoms with E-state index in [0.29, 0.717) is 24.3 Å². The first-order valence-corrected chi connectivity index (χ1v) is 7.94. The summed E-state index contributed by atoms with van der Waals surface area (Å²) in [5.41, 5.74) is 0. The van der Waals surface area contributed by atoms with Crippen molar-refractivity contribution in [3.05, 3.63) is 0 Å². The molecule has 2 N–H and O–H groups in total. The van der Waals surface area contributed by atoms with Gasteiger partial charge in [-0.15, -0.1) is 0 Å². The van der Waals surface area contributed by atoms with Crippen molar-refractivity contribution >= 4 is 11.8 Å². The van der Waals surface area contributed by atoms with Crippen LogP contribution in [0.15, 0.2) is 0 Å². The highest BCUT2D eigenvalue weighted by Crippen LogP contribution is 2.38. The third-order valence-electron chi connectivity index (χ3n) is 4.46. The van der Waals surface area contributed by atoms with Crippen LogP contribution < -0.4 is 10.6 Å². The molecule has 116 valence electrons. The zero-order valence-corrected chi connectivity index (χ0v) is 13.5. The first kappa shape index (κ1) is 17.0. The van der Waals surface area contributed by atoms with Crippen molar-refractivity contribution in [2.45, 2.75) is 59.9 Å². The molecule has 0 heterocycles. The molecule has 1 aliphatic rings. The zero-order valence-electron chi connectivity index (χ0n) is 13.5. The molecule has 0 unspecified atom stereocenters. The topological polar surface area (TPSA) is 58.2 Å². The normalized spacial score (nSPS) is 28.0. The molecule has 1 saturated carbocycles. The smallest absolute Gasteiger partial charge is 0.242 e. The lowest BCUT2D eigenvalue weighted by Crippen LogP contribution is -2.49. The number of nitrogens with one attached hydrogen (secondary N) is 2. The van der Waals surface area contributed by atoms with Gasteiger partial charge in [0.1, 0.15) is 6.04 Å². The fraction of sp³-hybridized carbons (Fsp3) is 0.875.